The van der Waals surface area contributed by atoms with Crippen molar-refractivity contribution in [2.24, 2.45) is 0 Å². The third-order valence-electron chi connectivity index (χ3n) is 4.67. The number of fused-ring (bicyclic) bond motifs is 1. The first kappa shape index (κ1) is 19.3. The summed E-state index contributed by atoms with van der Waals surface area (Å²) in [6.07, 6.45) is 0. The first-order valence-corrected chi connectivity index (χ1v) is 9.63. The lowest BCUT2D eigenvalue weighted by atomic mass is 10.0. The first-order valence-electron chi connectivity index (χ1n) is 9.63. The lowest BCUT2D eigenvalue weighted by molar-refractivity contribution is -0.124. The third-order valence-corrected chi connectivity index (χ3v) is 4.67. The lowest BCUT2D eigenvalue weighted by Gasteiger charge is -2.10. The molecule has 1 heterocycles. The molecule has 0 unspecified atom stereocenters. The molecule has 148 valence electrons. The summed E-state index contributed by atoms with van der Waals surface area (Å²) in [7, 11) is 0. The van der Waals surface area contributed by atoms with Crippen LogP contribution in [-0.4, -0.2) is 23.5 Å². The fourth-order valence-corrected chi connectivity index (χ4v) is 3.16. The summed E-state index contributed by atoms with van der Waals surface area (Å²) in [5.41, 5.74) is 3.63. The molecule has 0 bridgehead atoms. The van der Waals surface area contributed by atoms with E-state index in [-0.39, 0.29) is 12.5 Å². The summed E-state index contributed by atoms with van der Waals surface area (Å²) in [6, 6.07) is 28.3. The van der Waals surface area contributed by atoms with Crippen LogP contribution in [0.5, 0.6) is 0 Å². The Balaban J connectivity index is 1.50. The number of para-hydroxylation sites is 1. The Morgan fingerprint density at radius 3 is 2.27 bits per heavy atom. The maximum absolute atomic E-state index is 12.8. The van der Waals surface area contributed by atoms with Crippen LogP contribution in [-0.2, 0) is 16.1 Å². The van der Waals surface area contributed by atoms with E-state index in [1.807, 2.05) is 84.9 Å². The highest BCUT2D eigenvalue weighted by Crippen LogP contribution is 2.25. The molecule has 0 radical (unpaired) electrons. The minimum atomic E-state index is -0.555. The van der Waals surface area contributed by atoms with Gasteiger partial charge in [-0.25, -0.2) is 9.78 Å². The van der Waals surface area contributed by atoms with E-state index in [9.17, 15) is 9.59 Å². The number of amides is 1. The van der Waals surface area contributed by atoms with Crippen molar-refractivity contribution in [1.82, 2.24) is 10.3 Å². The van der Waals surface area contributed by atoms with Gasteiger partial charge in [0.2, 0.25) is 0 Å². The van der Waals surface area contributed by atoms with Gasteiger partial charge in [0.25, 0.3) is 5.91 Å². The van der Waals surface area contributed by atoms with E-state index in [4.69, 9.17) is 4.74 Å². The van der Waals surface area contributed by atoms with Crippen LogP contribution in [0.25, 0.3) is 22.2 Å². The predicted molar refractivity (Wildman–Crippen MR) is 116 cm³/mol. The number of hydrogen-bond donors (Lipinski definition) is 1. The predicted octanol–water partition coefficient (Wildman–Crippen LogP) is 4.38. The molecule has 0 saturated heterocycles. The quantitative estimate of drug-likeness (QED) is 0.491. The van der Waals surface area contributed by atoms with Gasteiger partial charge >= 0.3 is 5.97 Å². The molecule has 4 aromatic rings. The van der Waals surface area contributed by atoms with E-state index >= 15 is 0 Å². The van der Waals surface area contributed by atoms with Crippen molar-refractivity contribution < 1.29 is 14.3 Å². The number of carbonyl (C=O) groups excluding carboxylic acids is 2. The van der Waals surface area contributed by atoms with Crippen LogP contribution in [0.15, 0.2) is 91.0 Å². The number of pyridine rings is 1. The van der Waals surface area contributed by atoms with Gasteiger partial charge < -0.3 is 10.1 Å². The van der Waals surface area contributed by atoms with Crippen molar-refractivity contribution in [3.05, 3.63) is 102 Å². The number of rotatable bonds is 6. The molecule has 1 N–H and O–H groups in total. The van der Waals surface area contributed by atoms with Crippen LogP contribution >= 0.6 is 0 Å². The maximum Gasteiger partial charge on any atom is 0.339 e. The summed E-state index contributed by atoms with van der Waals surface area (Å²) in [4.78, 5) is 29.6. The monoisotopic (exact) mass is 396 g/mol. The van der Waals surface area contributed by atoms with Gasteiger partial charge in [0.05, 0.1) is 16.8 Å². The van der Waals surface area contributed by atoms with Crippen molar-refractivity contribution in [1.29, 1.82) is 0 Å². The van der Waals surface area contributed by atoms with E-state index in [2.05, 4.69) is 10.3 Å². The fraction of sp³-hybridized carbons (Fsp3) is 0.0800. The first-order chi connectivity index (χ1) is 14.7. The van der Waals surface area contributed by atoms with Crippen LogP contribution < -0.4 is 5.32 Å². The molecule has 1 amide bonds. The number of esters is 1. The normalized spacial score (nSPS) is 10.5. The Morgan fingerprint density at radius 2 is 1.50 bits per heavy atom. The van der Waals surface area contributed by atoms with Crippen LogP contribution in [0.4, 0.5) is 0 Å². The van der Waals surface area contributed by atoms with Crippen molar-refractivity contribution >= 4 is 22.8 Å². The average molecular weight is 396 g/mol. The maximum atomic E-state index is 12.8. The van der Waals surface area contributed by atoms with E-state index < -0.39 is 5.97 Å². The number of nitrogens with zero attached hydrogens (tertiary/aromatic N) is 1. The average Bonchev–Trinajstić information content (AvgIpc) is 2.81. The molecule has 3 aromatic carbocycles. The second-order valence-electron chi connectivity index (χ2n) is 6.78. The molecular formula is C25H20N2O3. The standard InChI is InChI=1S/C25H20N2O3/c28-24(26-16-18-9-3-1-4-10-18)17-30-25(29)21-15-23(19-11-5-2-6-12-19)27-22-14-8-7-13-20(21)22/h1-15H,16-17H2,(H,26,28). The molecule has 5 heteroatoms. The van der Waals surface area contributed by atoms with Gasteiger partial charge in [0, 0.05) is 17.5 Å². The highest BCUT2D eigenvalue weighted by atomic mass is 16.5. The topological polar surface area (TPSA) is 68.3 Å². The third kappa shape index (κ3) is 4.52. The lowest BCUT2D eigenvalue weighted by Crippen LogP contribution is -2.28. The Kier molecular flexibility index (Phi) is 5.80. The van der Waals surface area contributed by atoms with Crippen molar-refractivity contribution in [3.8, 4) is 11.3 Å². The Labute approximate surface area is 174 Å². The molecule has 0 aliphatic carbocycles. The van der Waals surface area contributed by atoms with Gasteiger partial charge in [-0.1, -0.05) is 78.9 Å². The molecule has 4 rings (SSSR count). The summed E-state index contributed by atoms with van der Waals surface area (Å²) in [6.45, 7) is 0.0382. The summed E-state index contributed by atoms with van der Waals surface area (Å²) in [5.74, 6) is -0.908. The van der Waals surface area contributed by atoms with Crippen LogP contribution in [0.1, 0.15) is 15.9 Å². The molecular weight excluding hydrogens is 376 g/mol. The Bertz CT molecular complexity index is 1170. The number of nitrogens with one attached hydrogen (secondary N) is 1. The van der Waals surface area contributed by atoms with Crippen LogP contribution in [0.3, 0.4) is 0 Å². The summed E-state index contributed by atoms with van der Waals surface area (Å²) < 4.78 is 5.30. The van der Waals surface area contributed by atoms with Gasteiger partial charge in [-0.05, 0) is 17.7 Å². The number of ether oxygens (including phenoxy) is 1. The number of hydrogen-bond acceptors (Lipinski definition) is 4. The van der Waals surface area contributed by atoms with Crippen molar-refractivity contribution in [2.45, 2.75) is 6.54 Å². The van der Waals surface area contributed by atoms with Gasteiger partial charge in [0.15, 0.2) is 6.61 Å². The summed E-state index contributed by atoms with van der Waals surface area (Å²) >= 11 is 0. The van der Waals surface area contributed by atoms with E-state index in [0.717, 1.165) is 11.1 Å². The van der Waals surface area contributed by atoms with Crippen molar-refractivity contribution in [3.63, 3.8) is 0 Å². The summed E-state index contributed by atoms with van der Waals surface area (Å²) in [5, 5.41) is 3.44. The molecule has 0 spiro atoms. The molecule has 1 aromatic heterocycles. The second-order valence-corrected chi connectivity index (χ2v) is 6.78. The number of aromatic nitrogens is 1. The molecule has 0 aliphatic heterocycles. The zero-order chi connectivity index (χ0) is 20.8. The van der Waals surface area contributed by atoms with Crippen molar-refractivity contribution in [2.75, 3.05) is 6.61 Å². The van der Waals surface area contributed by atoms with E-state index in [1.54, 1.807) is 6.07 Å². The van der Waals surface area contributed by atoms with Gasteiger partial charge in [-0.15, -0.1) is 0 Å². The van der Waals surface area contributed by atoms with Gasteiger partial charge in [-0.3, -0.25) is 4.79 Å². The molecule has 0 saturated carbocycles. The molecule has 0 aliphatic rings. The van der Waals surface area contributed by atoms with Crippen LogP contribution in [0.2, 0.25) is 0 Å². The van der Waals surface area contributed by atoms with Gasteiger partial charge in [-0.2, -0.15) is 0 Å². The second kappa shape index (κ2) is 9.01. The highest BCUT2D eigenvalue weighted by Gasteiger charge is 2.16. The van der Waals surface area contributed by atoms with E-state index in [1.165, 1.54) is 0 Å². The van der Waals surface area contributed by atoms with E-state index in [0.29, 0.717) is 28.7 Å². The smallest absolute Gasteiger partial charge is 0.339 e. The highest BCUT2D eigenvalue weighted by molar-refractivity contribution is 6.05. The van der Waals surface area contributed by atoms with Gasteiger partial charge in [0.1, 0.15) is 0 Å². The SMILES string of the molecule is O=C(COC(=O)c1cc(-c2ccccc2)nc2ccccc12)NCc1ccccc1. The van der Waals surface area contributed by atoms with Crippen LogP contribution in [0, 0.1) is 0 Å². The number of carbonyl (C=O) groups is 2. The molecule has 5 nitrogen and oxygen atoms in total. The molecule has 30 heavy (non-hydrogen) atoms. The number of benzene rings is 3. The minimum Gasteiger partial charge on any atom is -0.452 e. The molecule has 0 fully saturated rings. The molecule has 0 atom stereocenters. The Morgan fingerprint density at radius 1 is 0.833 bits per heavy atom. The zero-order valence-corrected chi connectivity index (χ0v) is 16.2. The minimum absolute atomic E-state index is 0.344. The zero-order valence-electron chi connectivity index (χ0n) is 16.2. The largest absolute Gasteiger partial charge is 0.452 e. The fourth-order valence-electron chi connectivity index (χ4n) is 3.16. The Hall–Kier alpha value is -3.99.